The molecule has 0 saturated heterocycles. The van der Waals surface area contributed by atoms with Gasteiger partial charge in [0.2, 0.25) is 0 Å². The Morgan fingerprint density at radius 2 is 1.86 bits per heavy atom. The van der Waals surface area contributed by atoms with Crippen molar-refractivity contribution in [2.24, 2.45) is 20.7 Å². The molecule has 0 N–H and O–H groups in total. The van der Waals surface area contributed by atoms with E-state index in [1.807, 2.05) is 25.1 Å². The average Bonchev–Trinajstić information content (AvgIpc) is 3.02. The number of methoxy groups -OCH3 is 1. The molecule has 1 aliphatic rings. The van der Waals surface area contributed by atoms with Crippen molar-refractivity contribution in [2.45, 2.75) is 30.6 Å². The van der Waals surface area contributed by atoms with E-state index in [-0.39, 0.29) is 99.0 Å². The van der Waals surface area contributed by atoms with E-state index in [2.05, 4.69) is 37.9 Å². The van der Waals surface area contributed by atoms with E-state index in [1.54, 1.807) is 49.4 Å². The molecule has 0 unspecified atom stereocenters. The fourth-order valence-electron chi connectivity index (χ4n) is 3.43. The third-order valence-electron chi connectivity index (χ3n) is 5.15. The Morgan fingerprint density at radius 1 is 1.18 bits per heavy atom. The van der Waals surface area contributed by atoms with Crippen molar-refractivity contribution in [1.29, 1.82) is 15.8 Å². The molecule has 0 aromatic heterocycles. The van der Waals surface area contributed by atoms with E-state index in [1.165, 1.54) is 5.01 Å². The van der Waals surface area contributed by atoms with Gasteiger partial charge in [-0.3, -0.25) is 4.79 Å². The summed E-state index contributed by atoms with van der Waals surface area (Å²) in [6, 6.07) is 15.6. The number of carbonyl (C=O) groups excluding carboxylic acids is 1. The number of carbonyl (C=O) groups is 1. The Hall–Kier alpha value is -2.53. The minimum atomic E-state index is -0.336. The van der Waals surface area contributed by atoms with Crippen molar-refractivity contribution in [1.82, 2.24) is 5.01 Å². The molecule has 0 radical (unpaired) electrons. The van der Waals surface area contributed by atoms with E-state index in [9.17, 15) is 4.79 Å². The number of hydrogen-bond donors (Lipinski definition) is 0. The summed E-state index contributed by atoms with van der Waals surface area (Å²) in [4.78, 5) is 21.3. The first-order valence-corrected chi connectivity index (χ1v) is 13.6. The molecule has 0 spiro atoms. The number of azo groups is 1. The Labute approximate surface area is 333 Å². The molecule has 14 nitrogen and oxygen atoms in total. The van der Waals surface area contributed by atoms with Gasteiger partial charge < -0.3 is 25.0 Å². The molecular formula is C27H24IKN9NaO5. The smallest absolute Gasteiger partial charge is 0.761 e. The number of nitrogens with zero attached hydrogens (tertiary/aromatic N) is 9. The molecule has 216 valence electrons. The number of nitriles is 3. The van der Waals surface area contributed by atoms with Crippen LogP contribution < -0.4 is 90.4 Å². The number of rotatable bonds is 8. The topological polar surface area (TPSA) is 222 Å². The van der Waals surface area contributed by atoms with Crippen LogP contribution in [0.15, 0.2) is 62.8 Å². The summed E-state index contributed by atoms with van der Waals surface area (Å²) in [7, 11) is 1.59. The second-order valence-electron chi connectivity index (χ2n) is 7.69. The third kappa shape index (κ3) is 14.5. The van der Waals surface area contributed by atoms with Crippen molar-refractivity contribution in [2.75, 3.05) is 20.3 Å². The second kappa shape index (κ2) is 25.8. The maximum atomic E-state index is 13.3. The van der Waals surface area contributed by atoms with Crippen LogP contribution in [0.2, 0.25) is 0 Å². The van der Waals surface area contributed by atoms with Gasteiger partial charge in [0, 0.05) is 22.1 Å². The normalized spacial score (nSPS) is 10.9. The maximum Gasteiger partial charge on any atom is 1.00 e. The number of halogens is 1. The molecule has 0 bridgehead atoms. The summed E-state index contributed by atoms with van der Waals surface area (Å²) in [6.07, 6.45) is 1.53. The van der Waals surface area contributed by atoms with E-state index in [0.717, 1.165) is 35.0 Å². The Kier molecular flexibility index (Phi) is 25.5. The van der Waals surface area contributed by atoms with Crippen LogP contribution in [-0.4, -0.2) is 42.8 Å². The van der Waals surface area contributed by atoms with Crippen molar-refractivity contribution >= 4 is 45.8 Å². The summed E-state index contributed by atoms with van der Waals surface area (Å²) in [5, 5.41) is 55.5. The SMILES string of the molecule is CCOc1cc(C2=NN(C(=O)c3ccc(N=NC(=C=[N-])C#N)cc3CI)CCC2)ccc1OC.N#CCC#N.O=N[O-].[K+].[Na+]. The first-order chi connectivity index (χ1) is 20.4. The Balaban J connectivity index is 0. The predicted molar refractivity (Wildman–Crippen MR) is 162 cm³/mol. The molecule has 0 atom stereocenters. The van der Waals surface area contributed by atoms with Crippen LogP contribution in [0, 0.1) is 44.1 Å². The van der Waals surface area contributed by atoms with Crippen LogP contribution in [0.3, 0.4) is 0 Å². The van der Waals surface area contributed by atoms with Crippen LogP contribution in [-0.2, 0) is 4.43 Å². The first-order valence-electron chi connectivity index (χ1n) is 12.0. The number of amides is 1. The van der Waals surface area contributed by atoms with Gasteiger partial charge in [-0.25, -0.2) is 10.9 Å². The van der Waals surface area contributed by atoms with Gasteiger partial charge in [0.25, 0.3) is 5.91 Å². The van der Waals surface area contributed by atoms with E-state index in [0.29, 0.717) is 40.3 Å². The summed E-state index contributed by atoms with van der Waals surface area (Å²) >= 11 is 2.17. The van der Waals surface area contributed by atoms with Gasteiger partial charge >= 0.3 is 80.9 Å². The number of hydrazone groups is 1. The quantitative estimate of drug-likeness (QED) is 0.0525. The summed E-state index contributed by atoms with van der Waals surface area (Å²) in [5.41, 5.74) is 3.10. The van der Waals surface area contributed by atoms with E-state index in [4.69, 9.17) is 40.8 Å². The van der Waals surface area contributed by atoms with Gasteiger partial charge in [-0.2, -0.15) is 20.9 Å². The second-order valence-corrected chi connectivity index (χ2v) is 8.45. The van der Waals surface area contributed by atoms with Crippen LogP contribution in [0.25, 0.3) is 5.41 Å². The van der Waals surface area contributed by atoms with Gasteiger partial charge in [0.1, 0.15) is 12.5 Å². The van der Waals surface area contributed by atoms with Crippen molar-refractivity contribution in [3.05, 3.63) is 74.3 Å². The van der Waals surface area contributed by atoms with Crippen molar-refractivity contribution < 1.29 is 95.2 Å². The standard InChI is InChI=1S/C24H22IN6O3.C3H2N2.K.HNO2.Na/c1-3-34-23-12-16(6-9-22(23)33-2)21-5-4-10-31(30-21)24(32)20-8-7-18(11-17(20)13-25)28-29-19(14-26)15-27;4-2-1-3-5;;2-1-3;/h6-9,11-12H,3-5,10,13H2,1-2H3;1H2;;(H,2,3);/q-1;;+1;;+1/p-1. The molecule has 3 rings (SSSR count). The summed E-state index contributed by atoms with van der Waals surface area (Å²) in [5.74, 6) is 2.74. The molecule has 0 fully saturated rings. The fourth-order valence-corrected chi connectivity index (χ4v) is 4.06. The molecule has 2 aromatic rings. The molecule has 0 aliphatic carbocycles. The van der Waals surface area contributed by atoms with Gasteiger partial charge in [0.15, 0.2) is 17.2 Å². The van der Waals surface area contributed by atoms with Gasteiger partial charge in [-0.05, 0) is 61.7 Å². The van der Waals surface area contributed by atoms with Crippen LogP contribution in [0.4, 0.5) is 5.69 Å². The summed E-state index contributed by atoms with van der Waals surface area (Å²) < 4.78 is 11.6. The number of alkyl halides is 1. The molecule has 44 heavy (non-hydrogen) atoms. The molecule has 17 heteroatoms. The van der Waals surface area contributed by atoms with Crippen LogP contribution >= 0.6 is 22.6 Å². The molecular weight excluding hydrogens is 719 g/mol. The average molecular weight is 744 g/mol. The van der Waals surface area contributed by atoms with Gasteiger partial charge in [-0.1, -0.05) is 22.6 Å². The third-order valence-corrected chi connectivity index (χ3v) is 5.98. The zero-order chi connectivity index (χ0) is 31.3. The number of benzene rings is 2. The largest absolute Gasteiger partial charge is 1.00 e. The molecule has 1 aliphatic heterocycles. The zero-order valence-electron chi connectivity index (χ0n) is 24.7. The minimum Gasteiger partial charge on any atom is -0.761 e. The Morgan fingerprint density at radius 3 is 2.39 bits per heavy atom. The van der Waals surface area contributed by atoms with Gasteiger partial charge in [0.05, 0.1) is 37.3 Å². The molecule has 1 amide bonds. The van der Waals surface area contributed by atoms with Crippen molar-refractivity contribution in [3.63, 3.8) is 0 Å². The first kappa shape index (κ1) is 43.6. The number of ether oxygens (including phenoxy) is 2. The summed E-state index contributed by atoms with van der Waals surface area (Å²) in [6.45, 7) is 2.94. The van der Waals surface area contributed by atoms with E-state index >= 15 is 0 Å². The fraction of sp³-hybridized carbons (Fsp3) is 0.296. The maximum absolute atomic E-state index is 13.3. The Bertz CT molecular complexity index is 1480. The van der Waals surface area contributed by atoms with Crippen LogP contribution in [0.1, 0.15) is 47.7 Å². The molecule has 0 saturated carbocycles. The molecule has 1 heterocycles. The number of hydrogen-bond acceptors (Lipinski definition) is 12. The van der Waals surface area contributed by atoms with Crippen molar-refractivity contribution in [3.8, 4) is 29.7 Å². The van der Waals surface area contributed by atoms with Gasteiger partial charge in [-0.15, -0.1) is 15.6 Å². The van der Waals surface area contributed by atoms with E-state index < -0.39 is 0 Å². The number of allylic oxidation sites excluding steroid dienone is 1. The predicted octanol–water partition coefficient (Wildman–Crippen LogP) is 0.0817. The zero-order valence-corrected chi connectivity index (χ0v) is 31.9. The monoisotopic (exact) mass is 743 g/mol. The van der Waals surface area contributed by atoms with Crippen LogP contribution in [0.5, 0.6) is 11.5 Å². The molecule has 2 aromatic carbocycles. The minimum absolute atomic E-state index is 0.